The molecule has 7 nitrogen and oxygen atoms in total. The quantitative estimate of drug-likeness (QED) is 0.862. The van der Waals surface area contributed by atoms with Gasteiger partial charge in [0, 0.05) is 37.4 Å². The normalized spacial score (nSPS) is 21.1. The minimum Gasteiger partial charge on any atom is -0.481 e. The van der Waals surface area contributed by atoms with Crippen LogP contribution in [0.2, 0.25) is 0 Å². The molecule has 2 aliphatic rings. The number of hydrogen-bond donors (Lipinski definition) is 2. The number of nitrogens with one attached hydrogen (secondary N) is 1. The van der Waals surface area contributed by atoms with E-state index in [-0.39, 0.29) is 18.5 Å². The Hall–Kier alpha value is -2.57. The largest absolute Gasteiger partial charge is 0.481 e. The number of carbonyl (C=O) groups excluding carboxylic acids is 2. The van der Waals surface area contributed by atoms with Gasteiger partial charge in [0.25, 0.3) is 5.91 Å². The molecule has 0 spiro atoms. The van der Waals surface area contributed by atoms with E-state index in [0.29, 0.717) is 31.6 Å². The molecule has 0 saturated carbocycles. The van der Waals surface area contributed by atoms with Crippen LogP contribution in [0, 0.1) is 5.92 Å². The number of urea groups is 1. The van der Waals surface area contributed by atoms with Gasteiger partial charge in [-0.05, 0) is 30.7 Å². The van der Waals surface area contributed by atoms with E-state index in [0.717, 1.165) is 5.69 Å². The van der Waals surface area contributed by atoms with Gasteiger partial charge < -0.3 is 15.3 Å². The molecule has 0 radical (unpaired) electrons. The fourth-order valence-electron chi connectivity index (χ4n) is 2.83. The third-order valence-electron chi connectivity index (χ3n) is 4.11. The second-order valence-corrected chi connectivity index (χ2v) is 5.51. The molecule has 0 aliphatic carbocycles. The minimum absolute atomic E-state index is 0.136. The van der Waals surface area contributed by atoms with Crippen molar-refractivity contribution in [3.63, 3.8) is 0 Å². The highest BCUT2D eigenvalue weighted by molar-refractivity contribution is 5.97. The number of nitrogens with zero attached hydrogens (tertiary/aromatic N) is 2. The summed E-state index contributed by atoms with van der Waals surface area (Å²) < 4.78 is 0. The number of carbonyl (C=O) groups is 3. The molecule has 7 heteroatoms. The van der Waals surface area contributed by atoms with Crippen molar-refractivity contribution in [2.45, 2.75) is 6.42 Å². The summed E-state index contributed by atoms with van der Waals surface area (Å²) in [5.74, 6) is -1.50. The monoisotopic (exact) mass is 303 g/mol. The zero-order valence-corrected chi connectivity index (χ0v) is 12.0. The fraction of sp³-hybridized carbons (Fsp3) is 0.400. The van der Waals surface area contributed by atoms with Crippen LogP contribution in [0.5, 0.6) is 0 Å². The van der Waals surface area contributed by atoms with Crippen LogP contribution in [0.4, 0.5) is 10.5 Å². The van der Waals surface area contributed by atoms with Gasteiger partial charge in [-0.15, -0.1) is 0 Å². The third kappa shape index (κ3) is 2.61. The third-order valence-corrected chi connectivity index (χ3v) is 4.11. The van der Waals surface area contributed by atoms with E-state index in [1.165, 1.54) is 0 Å². The highest BCUT2D eigenvalue weighted by Crippen LogP contribution is 2.21. The summed E-state index contributed by atoms with van der Waals surface area (Å²) in [4.78, 5) is 38.1. The van der Waals surface area contributed by atoms with E-state index in [4.69, 9.17) is 5.11 Å². The number of rotatable bonds is 3. The molecule has 2 fully saturated rings. The average Bonchev–Trinajstić information content (AvgIpc) is 3.15. The van der Waals surface area contributed by atoms with Crippen LogP contribution >= 0.6 is 0 Å². The summed E-state index contributed by atoms with van der Waals surface area (Å²) >= 11 is 0. The van der Waals surface area contributed by atoms with Crippen LogP contribution in [0.15, 0.2) is 24.3 Å². The highest BCUT2D eigenvalue weighted by atomic mass is 16.4. The number of hydrogen-bond acceptors (Lipinski definition) is 3. The van der Waals surface area contributed by atoms with Crippen molar-refractivity contribution in [2.24, 2.45) is 5.92 Å². The predicted octanol–water partition coefficient (Wildman–Crippen LogP) is 0.763. The molecule has 22 heavy (non-hydrogen) atoms. The Morgan fingerprint density at radius 1 is 1.18 bits per heavy atom. The van der Waals surface area contributed by atoms with Crippen LogP contribution in [0.3, 0.4) is 0 Å². The topological polar surface area (TPSA) is 89.9 Å². The zero-order valence-electron chi connectivity index (χ0n) is 12.0. The van der Waals surface area contributed by atoms with Crippen molar-refractivity contribution in [3.05, 3.63) is 29.8 Å². The van der Waals surface area contributed by atoms with Crippen LogP contribution in [-0.2, 0) is 4.79 Å². The van der Waals surface area contributed by atoms with E-state index in [9.17, 15) is 14.4 Å². The van der Waals surface area contributed by atoms with E-state index >= 15 is 0 Å². The summed E-state index contributed by atoms with van der Waals surface area (Å²) in [7, 11) is 0. The lowest BCUT2D eigenvalue weighted by atomic mass is 10.1. The van der Waals surface area contributed by atoms with Gasteiger partial charge in [-0.1, -0.05) is 0 Å². The standard InChI is InChI=1S/C15H17N3O4/c19-13(17-7-5-11(9-17)14(20)21)10-1-3-12(4-2-10)18-8-6-16-15(18)22/h1-4,11H,5-9H2,(H,16,22)(H,20,21)/t11-/m1/s1. The Labute approximate surface area is 127 Å². The molecule has 3 rings (SSSR count). The maximum atomic E-state index is 12.4. The Morgan fingerprint density at radius 3 is 2.45 bits per heavy atom. The molecule has 2 heterocycles. The van der Waals surface area contributed by atoms with Crippen molar-refractivity contribution < 1.29 is 19.5 Å². The first kappa shape index (κ1) is 14.4. The van der Waals surface area contributed by atoms with E-state index in [2.05, 4.69) is 5.32 Å². The maximum Gasteiger partial charge on any atom is 0.321 e. The summed E-state index contributed by atoms with van der Waals surface area (Å²) in [6.07, 6.45) is 0.493. The smallest absolute Gasteiger partial charge is 0.321 e. The molecule has 2 N–H and O–H groups in total. The molecule has 2 saturated heterocycles. The molecule has 3 amide bonds. The van der Waals surface area contributed by atoms with Gasteiger partial charge in [0.1, 0.15) is 0 Å². The molecule has 0 aromatic heterocycles. The molecule has 0 bridgehead atoms. The fourth-order valence-corrected chi connectivity index (χ4v) is 2.83. The van der Waals surface area contributed by atoms with E-state index in [1.54, 1.807) is 34.1 Å². The van der Waals surface area contributed by atoms with Crippen molar-refractivity contribution in [2.75, 3.05) is 31.1 Å². The Morgan fingerprint density at radius 2 is 1.91 bits per heavy atom. The Kier molecular flexibility index (Phi) is 3.70. The van der Waals surface area contributed by atoms with E-state index in [1.807, 2.05) is 0 Å². The molecular formula is C15H17N3O4. The van der Waals surface area contributed by atoms with Gasteiger partial charge in [0.05, 0.1) is 5.92 Å². The first-order valence-corrected chi connectivity index (χ1v) is 7.24. The summed E-state index contributed by atoms with van der Waals surface area (Å²) in [5, 5.41) is 11.7. The summed E-state index contributed by atoms with van der Waals surface area (Å²) in [6, 6.07) is 6.70. The maximum absolute atomic E-state index is 12.4. The van der Waals surface area contributed by atoms with Gasteiger partial charge in [-0.3, -0.25) is 14.5 Å². The SMILES string of the molecule is O=C(O)[C@@H]1CCN(C(=O)c2ccc(N3CCNC3=O)cc2)C1. The summed E-state index contributed by atoms with van der Waals surface area (Å²) in [6.45, 7) is 1.94. The van der Waals surface area contributed by atoms with Crippen LogP contribution in [-0.4, -0.2) is 54.1 Å². The first-order chi connectivity index (χ1) is 10.6. The number of likely N-dealkylation sites (tertiary alicyclic amines) is 1. The second kappa shape index (κ2) is 5.67. The number of amides is 3. The van der Waals surface area contributed by atoms with Crippen molar-refractivity contribution in [3.8, 4) is 0 Å². The number of carboxylic acids is 1. The van der Waals surface area contributed by atoms with Crippen molar-refractivity contribution in [1.29, 1.82) is 0 Å². The molecule has 0 unspecified atom stereocenters. The molecule has 1 aromatic rings. The molecule has 116 valence electrons. The molecule has 2 aliphatic heterocycles. The molecule has 1 atom stereocenters. The Bertz CT molecular complexity index is 614. The van der Waals surface area contributed by atoms with Gasteiger partial charge in [-0.2, -0.15) is 0 Å². The van der Waals surface area contributed by atoms with Crippen molar-refractivity contribution in [1.82, 2.24) is 10.2 Å². The minimum atomic E-state index is -0.856. The Balaban J connectivity index is 1.69. The van der Waals surface area contributed by atoms with Crippen LogP contribution < -0.4 is 10.2 Å². The predicted molar refractivity (Wildman–Crippen MR) is 78.8 cm³/mol. The summed E-state index contributed by atoms with van der Waals surface area (Å²) in [5.41, 5.74) is 1.26. The zero-order chi connectivity index (χ0) is 15.7. The second-order valence-electron chi connectivity index (χ2n) is 5.51. The highest BCUT2D eigenvalue weighted by Gasteiger charge is 2.31. The number of anilines is 1. The lowest BCUT2D eigenvalue weighted by molar-refractivity contribution is -0.141. The lowest BCUT2D eigenvalue weighted by Gasteiger charge is -2.17. The first-order valence-electron chi connectivity index (χ1n) is 7.24. The van der Waals surface area contributed by atoms with Gasteiger partial charge in [0.15, 0.2) is 0 Å². The van der Waals surface area contributed by atoms with Crippen LogP contribution in [0.1, 0.15) is 16.8 Å². The molecular weight excluding hydrogens is 286 g/mol. The van der Waals surface area contributed by atoms with Crippen molar-refractivity contribution >= 4 is 23.6 Å². The number of aliphatic carboxylic acids is 1. The molecule has 1 aromatic carbocycles. The number of benzene rings is 1. The van der Waals surface area contributed by atoms with E-state index < -0.39 is 11.9 Å². The van der Waals surface area contributed by atoms with Gasteiger partial charge in [0.2, 0.25) is 0 Å². The lowest BCUT2D eigenvalue weighted by Crippen LogP contribution is -2.30. The van der Waals surface area contributed by atoms with Crippen LogP contribution in [0.25, 0.3) is 0 Å². The van der Waals surface area contributed by atoms with Gasteiger partial charge in [-0.25, -0.2) is 4.79 Å². The van der Waals surface area contributed by atoms with Gasteiger partial charge >= 0.3 is 12.0 Å². The number of carboxylic acid groups (broad SMARTS) is 1. The average molecular weight is 303 g/mol.